The maximum Gasteiger partial charge on any atom is 0.00723 e. The van der Waals surface area contributed by atoms with Crippen LogP contribution in [0.2, 0.25) is 0 Å². The molecule has 0 heterocycles. The first-order chi connectivity index (χ1) is 5.83. The average Bonchev–Trinajstić information content (AvgIpc) is 2.80. The summed E-state index contributed by atoms with van der Waals surface area (Å²) in [5.74, 6) is 2.96. The fourth-order valence-corrected chi connectivity index (χ4v) is 2.57. The zero-order valence-corrected chi connectivity index (χ0v) is 8.13. The highest BCUT2D eigenvalue weighted by Gasteiger charge is 2.43. The third-order valence-electron chi connectivity index (χ3n) is 3.45. The van der Waals surface area contributed by atoms with E-state index < -0.39 is 0 Å². The van der Waals surface area contributed by atoms with Gasteiger partial charge in [0.2, 0.25) is 0 Å². The van der Waals surface area contributed by atoms with Crippen LogP contribution < -0.4 is 5.73 Å². The zero-order valence-electron chi connectivity index (χ0n) is 8.13. The Labute approximate surface area is 75.7 Å². The van der Waals surface area contributed by atoms with Crippen molar-refractivity contribution in [2.24, 2.45) is 23.5 Å². The van der Waals surface area contributed by atoms with E-state index in [1.54, 1.807) is 0 Å². The standard InChI is InChI=1S/C11H21N/c1-2-3-10(12)11(8-4-5-8)9-6-7-9/h8-11H,2-7,12H2,1H3. The van der Waals surface area contributed by atoms with Crippen molar-refractivity contribution in [2.75, 3.05) is 0 Å². The molecule has 0 radical (unpaired) electrons. The minimum atomic E-state index is 0.523. The first-order valence-corrected chi connectivity index (χ1v) is 5.58. The fourth-order valence-electron chi connectivity index (χ4n) is 2.57. The molecule has 0 aliphatic heterocycles. The largest absolute Gasteiger partial charge is 0.327 e. The molecule has 1 unspecified atom stereocenters. The summed E-state index contributed by atoms with van der Waals surface area (Å²) in [5, 5.41) is 0. The Hall–Kier alpha value is -0.0400. The summed E-state index contributed by atoms with van der Waals surface area (Å²) in [6, 6.07) is 0.523. The van der Waals surface area contributed by atoms with Gasteiger partial charge in [-0.15, -0.1) is 0 Å². The normalized spacial score (nSPS) is 26.2. The van der Waals surface area contributed by atoms with Gasteiger partial charge in [-0.1, -0.05) is 13.3 Å². The van der Waals surface area contributed by atoms with Crippen LogP contribution in [0.4, 0.5) is 0 Å². The lowest BCUT2D eigenvalue weighted by atomic mass is 9.88. The minimum absolute atomic E-state index is 0.523. The van der Waals surface area contributed by atoms with Gasteiger partial charge in [0.05, 0.1) is 0 Å². The summed E-state index contributed by atoms with van der Waals surface area (Å²) in [5.41, 5.74) is 6.21. The third-order valence-corrected chi connectivity index (χ3v) is 3.45. The van der Waals surface area contributed by atoms with E-state index in [1.807, 2.05) is 0 Å². The van der Waals surface area contributed by atoms with Crippen molar-refractivity contribution in [1.82, 2.24) is 0 Å². The van der Waals surface area contributed by atoms with Gasteiger partial charge in [0.25, 0.3) is 0 Å². The van der Waals surface area contributed by atoms with Crippen molar-refractivity contribution >= 4 is 0 Å². The van der Waals surface area contributed by atoms with Crippen LogP contribution in [0.1, 0.15) is 45.4 Å². The summed E-state index contributed by atoms with van der Waals surface area (Å²) in [4.78, 5) is 0. The maximum absolute atomic E-state index is 6.21. The molecular formula is C11H21N. The van der Waals surface area contributed by atoms with E-state index in [2.05, 4.69) is 6.92 Å². The second-order valence-electron chi connectivity index (χ2n) is 4.70. The molecule has 2 rings (SSSR count). The van der Waals surface area contributed by atoms with E-state index in [0.29, 0.717) is 6.04 Å². The van der Waals surface area contributed by atoms with Gasteiger partial charge in [-0.2, -0.15) is 0 Å². The van der Waals surface area contributed by atoms with Crippen LogP contribution in [0.15, 0.2) is 0 Å². The van der Waals surface area contributed by atoms with Gasteiger partial charge in [0, 0.05) is 6.04 Å². The van der Waals surface area contributed by atoms with Crippen molar-refractivity contribution in [3.05, 3.63) is 0 Å². The second-order valence-corrected chi connectivity index (χ2v) is 4.70. The molecule has 1 atom stereocenters. The highest BCUT2D eigenvalue weighted by atomic mass is 14.7. The zero-order chi connectivity index (χ0) is 8.55. The average molecular weight is 167 g/mol. The van der Waals surface area contributed by atoms with E-state index >= 15 is 0 Å². The van der Waals surface area contributed by atoms with Crippen LogP contribution in [0.3, 0.4) is 0 Å². The minimum Gasteiger partial charge on any atom is -0.327 e. The summed E-state index contributed by atoms with van der Waals surface area (Å²) in [6.45, 7) is 2.25. The molecule has 2 fully saturated rings. The van der Waals surface area contributed by atoms with Crippen LogP contribution in [-0.2, 0) is 0 Å². The van der Waals surface area contributed by atoms with Crippen molar-refractivity contribution in [3.8, 4) is 0 Å². The van der Waals surface area contributed by atoms with Crippen LogP contribution in [0, 0.1) is 17.8 Å². The molecule has 2 saturated carbocycles. The van der Waals surface area contributed by atoms with E-state index in [9.17, 15) is 0 Å². The molecule has 2 aliphatic carbocycles. The highest BCUT2D eigenvalue weighted by Crippen LogP contribution is 2.50. The molecule has 1 heteroatoms. The molecule has 0 aromatic heterocycles. The van der Waals surface area contributed by atoms with Gasteiger partial charge in [-0.3, -0.25) is 0 Å². The SMILES string of the molecule is CCCC(N)C(C1CC1)C1CC1. The molecule has 0 aromatic carbocycles. The number of hydrogen-bond acceptors (Lipinski definition) is 1. The van der Waals surface area contributed by atoms with Gasteiger partial charge in [0.15, 0.2) is 0 Å². The predicted molar refractivity (Wildman–Crippen MR) is 51.8 cm³/mol. The Morgan fingerprint density at radius 2 is 1.67 bits per heavy atom. The van der Waals surface area contributed by atoms with Crippen molar-refractivity contribution < 1.29 is 0 Å². The van der Waals surface area contributed by atoms with Crippen LogP contribution in [-0.4, -0.2) is 6.04 Å². The molecule has 70 valence electrons. The van der Waals surface area contributed by atoms with Crippen LogP contribution >= 0.6 is 0 Å². The van der Waals surface area contributed by atoms with E-state index in [-0.39, 0.29) is 0 Å². The Morgan fingerprint density at radius 3 is 2.00 bits per heavy atom. The topological polar surface area (TPSA) is 26.0 Å². The van der Waals surface area contributed by atoms with Gasteiger partial charge >= 0.3 is 0 Å². The monoisotopic (exact) mass is 167 g/mol. The Morgan fingerprint density at radius 1 is 1.17 bits per heavy atom. The van der Waals surface area contributed by atoms with Crippen LogP contribution in [0.5, 0.6) is 0 Å². The second kappa shape index (κ2) is 3.37. The predicted octanol–water partition coefficient (Wildman–Crippen LogP) is 2.55. The van der Waals surface area contributed by atoms with Crippen LogP contribution in [0.25, 0.3) is 0 Å². The van der Waals surface area contributed by atoms with E-state index in [1.165, 1.54) is 38.5 Å². The molecule has 0 saturated heterocycles. The lowest BCUT2D eigenvalue weighted by Crippen LogP contribution is -2.32. The number of hydrogen-bond donors (Lipinski definition) is 1. The highest BCUT2D eigenvalue weighted by molar-refractivity contribution is 4.96. The molecule has 2 aliphatic rings. The van der Waals surface area contributed by atoms with Gasteiger partial charge in [-0.05, 0) is 49.9 Å². The van der Waals surface area contributed by atoms with E-state index in [4.69, 9.17) is 5.73 Å². The summed E-state index contributed by atoms with van der Waals surface area (Å²) >= 11 is 0. The molecular weight excluding hydrogens is 146 g/mol. The number of nitrogens with two attached hydrogens (primary N) is 1. The van der Waals surface area contributed by atoms with Crippen molar-refractivity contribution in [2.45, 2.75) is 51.5 Å². The lowest BCUT2D eigenvalue weighted by Gasteiger charge is -2.22. The quantitative estimate of drug-likeness (QED) is 0.669. The van der Waals surface area contributed by atoms with Crippen molar-refractivity contribution in [3.63, 3.8) is 0 Å². The first-order valence-electron chi connectivity index (χ1n) is 5.58. The summed E-state index contributed by atoms with van der Waals surface area (Å²) < 4.78 is 0. The Balaban J connectivity index is 1.85. The maximum atomic E-state index is 6.21. The van der Waals surface area contributed by atoms with E-state index in [0.717, 1.165) is 17.8 Å². The molecule has 2 N–H and O–H groups in total. The third kappa shape index (κ3) is 1.82. The molecule has 1 nitrogen and oxygen atoms in total. The molecule has 12 heavy (non-hydrogen) atoms. The smallest absolute Gasteiger partial charge is 0.00723 e. The Bertz CT molecular complexity index is 135. The Kier molecular flexibility index (Phi) is 2.40. The van der Waals surface area contributed by atoms with Gasteiger partial charge in [-0.25, -0.2) is 0 Å². The lowest BCUT2D eigenvalue weighted by molar-refractivity contribution is 0.315. The van der Waals surface area contributed by atoms with Crippen molar-refractivity contribution in [1.29, 1.82) is 0 Å². The molecule has 0 bridgehead atoms. The molecule has 0 amide bonds. The summed E-state index contributed by atoms with van der Waals surface area (Å²) in [7, 11) is 0. The van der Waals surface area contributed by atoms with Gasteiger partial charge in [0.1, 0.15) is 0 Å². The van der Waals surface area contributed by atoms with Gasteiger partial charge < -0.3 is 5.73 Å². The molecule has 0 aromatic rings. The summed E-state index contributed by atoms with van der Waals surface area (Å²) in [6.07, 6.45) is 8.39. The fraction of sp³-hybridized carbons (Fsp3) is 1.00. The first kappa shape index (κ1) is 8.55. The molecule has 0 spiro atoms. The number of rotatable bonds is 5.